The van der Waals surface area contributed by atoms with Gasteiger partial charge in [-0.2, -0.15) is 4.31 Å². The van der Waals surface area contributed by atoms with E-state index in [4.69, 9.17) is 9.15 Å². The molecule has 9 nitrogen and oxygen atoms in total. The lowest BCUT2D eigenvalue weighted by molar-refractivity contribution is -0.121. The minimum atomic E-state index is -4.14. The van der Waals surface area contributed by atoms with E-state index in [-0.39, 0.29) is 43.7 Å². The predicted molar refractivity (Wildman–Crippen MR) is 117 cm³/mol. The average Bonchev–Trinajstić information content (AvgIpc) is 3.28. The molecule has 2 aromatic carbocycles. The van der Waals surface area contributed by atoms with Gasteiger partial charge in [-0.3, -0.25) is 10.1 Å². The molecule has 1 saturated heterocycles. The lowest BCUT2D eigenvalue weighted by atomic mass is 9.97. The molecule has 1 aliphatic heterocycles. The normalized spacial score (nSPS) is 15.3. The summed E-state index contributed by atoms with van der Waals surface area (Å²) < 4.78 is 64.5. The van der Waals surface area contributed by atoms with Crippen LogP contribution in [0, 0.1) is 17.6 Å². The van der Waals surface area contributed by atoms with Crippen LogP contribution < -0.4 is 10.1 Å². The summed E-state index contributed by atoms with van der Waals surface area (Å²) in [5.41, 5.74) is 0.656. The first-order chi connectivity index (χ1) is 16.3. The number of hydrogen-bond acceptors (Lipinski definition) is 7. The molecular formula is C22H22F2N4O5S. The minimum Gasteiger partial charge on any atom is -0.494 e. The van der Waals surface area contributed by atoms with Crippen LogP contribution >= 0.6 is 0 Å². The molecule has 2 heterocycles. The number of nitrogens with zero attached hydrogens (tertiary/aromatic N) is 3. The van der Waals surface area contributed by atoms with Crippen molar-refractivity contribution in [2.75, 3.05) is 25.0 Å². The molecule has 1 amide bonds. The van der Waals surface area contributed by atoms with E-state index in [1.165, 1.54) is 0 Å². The first kappa shape index (κ1) is 23.8. The van der Waals surface area contributed by atoms with Gasteiger partial charge in [0.2, 0.25) is 21.8 Å². The Bertz CT molecular complexity index is 1270. The zero-order valence-corrected chi connectivity index (χ0v) is 19.0. The van der Waals surface area contributed by atoms with Crippen molar-refractivity contribution >= 4 is 21.9 Å². The summed E-state index contributed by atoms with van der Waals surface area (Å²) >= 11 is 0. The molecule has 1 N–H and O–H groups in total. The van der Waals surface area contributed by atoms with E-state index in [0.717, 1.165) is 16.4 Å². The molecule has 4 rings (SSSR count). The number of carbonyl (C=O) groups excluding carboxylic acids is 1. The number of benzene rings is 2. The van der Waals surface area contributed by atoms with Crippen LogP contribution in [0.3, 0.4) is 0 Å². The van der Waals surface area contributed by atoms with E-state index in [9.17, 15) is 22.0 Å². The molecule has 3 aromatic rings. The topological polar surface area (TPSA) is 115 Å². The molecule has 0 bridgehead atoms. The molecule has 0 spiro atoms. The fraction of sp³-hybridized carbons (Fsp3) is 0.318. The Morgan fingerprint density at radius 1 is 1.15 bits per heavy atom. The second-order valence-corrected chi connectivity index (χ2v) is 9.52. The summed E-state index contributed by atoms with van der Waals surface area (Å²) in [5, 5.41) is 10.3. The Labute approximate surface area is 194 Å². The zero-order valence-electron chi connectivity index (χ0n) is 18.2. The number of aromatic nitrogens is 2. The summed E-state index contributed by atoms with van der Waals surface area (Å²) in [6.45, 7) is 2.45. The van der Waals surface area contributed by atoms with Gasteiger partial charge in [-0.15, -0.1) is 5.10 Å². The number of rotatable bonds is 7. The maximum Gasteiger partial charge on any atom is 0.322 e. The molecule has 0 radical (unpaired) electrons. The zero-order chi connectivity index (χ0) is 24.3. The van der Waals surface area contributed by atoms with Gasteiger partial charge in [0.25, 0.3) is 0 Å². The molecule has 0 atom stereocenters. The van der Waals surface area contributed by atoms with Gasteiger partial charge in [0, 0.05) is 30.6 Å². The molecular weight excluding hydrogens is 470 g/mol. The highest BCUT2D eigenvalue weighted by atomic mass is 32.2. The smallest absolute Gasteiger partial charge is 0.322 e. The number of ether oxygens (including phenoxy) is 1. The second kappa shape index (κ2) is 9.85. The highest BCUT2D eigenvalue weighted by molar-refractivity contribution is 7.89. The highest BCUT2D eigenvalue weighted by Gasteiger charge is 2.34. The quantitative estimate of drug-likeness (QED) is 0.537. The summed E-state index contributed by atoms with van der Waals surface area (Å²) in [6, 6.07) is 9.28. The minimum absolute atomic E-state index is 0.0124. The van der Waals surface area contributed by atoms with Crippen molar-refractivity contribution in [1.29, 1.82) is 0 Å². The number of sulfonamides is 1. The number of nitrogens with one attached hydrogen (secondary N) is 1. The van der Waals surface area contributed by atoms with E-state index in [0.29, 0.717) is 24.0 Å². The van der Waals surface area contributed by atoms with Crippen molar-refractivity contribution in [3.63, 3.8) is 0 Å². The summed E-state index contributed by atoms with van der Waals surface area (Å²) in [7, 11) is -4.14. The van der Waals surface area contributed by atoms with Crippen molar-refractivity contribution < 1.29 is 31.1 Å². The number of hydrogen-bond donors (Lipinski definition) is 1. The summed E-state index contributed by atoms with van der Waals surface area (Å²) in [6.07, 6.45) is 0.432. The Balaban J connectivity index is 1.35. The van der Waals surface area contributed by atoms with E-state index < -0.39 is 32.5 Å². The first-order valence-corrected chi connectivity index (χ1v) is 12.0. The van der Waals surface area contributed by atoms with Gasteiger partial charge < -0.3 is 9.15 Å². The molecule has 1 fully saturated rings. The van der Waals surface area contributed by atoms with Crippen LogP contribution in [0.2, 0.25) is 0 Å². The van der Waals surface area contributed by atoms with Crippen molar-refractivity contribution in [1.82, 2.24) is 14.5 Å². The largest absolute Gasteiger partial charge is 0.494 e. The van der Waals surface area contributed by atoms with Crippen LogP contribution in [0.5, 0.6) is 5.75 Å². The third kappa shape index (κ3) is 5.07. The van der Waals surface area contributed by atoms with Gasteiger partial charge in [0.05, 0.1) is 6.61 Å². The van der Waals surface area contributed by atoms with Crippen LogP contribution in [0.4, 0.5) is 14.8 Å². The Morgan fingerprint density at radius 2 is 1.85 bits per heavy atom. The van der Waals surface area contributed by atoms with E-state index in [1.54, 1.807) is 24.3 Å². The molecule has 0 unspecified atom stereocenters. The number of carbonyl (C=O) groups is 1. The van der Waals surface area contributed by atoms with E-state index in [1.807, 2.05) is 6.92 Å². The molecule has 1 aliphatic rings. The van der Waals surface area contributed by atoms with Crippen LogP contribution in [-0.2, 0) is 14.8 Å². The van der Waals surface area contributed by atoms with Crippen molar-refractivity contribution in [2.45, 2.75) is 24.7 Å². The fourth-order valence-electron chi connectivity index (χ4n) is 3.64. The highest BCUT2D eigenvalue weighted by Crippen LogP contribution is 2.27. The lowest BCUT2D eigenvalue weighted by Gasteiger charge is -2.30. The SMILES string of the molecule is CCOc1ccc(-c2nnc(NC(=O)C3CCN(S(=O)(=O)c4ccc(F)cc4F)CC3)o2)cc1. The van der Waals surface area contributed by atoms with E-state index in [2.05, 4.69) is 15.5 Å². The second-order valence-electron chi connectivity index (χ2n) is 7.61. The standard InChI is InChI=1S/C22H22F2N4O5S/c1-2-32-17-6-3-15(4-7-17)21-26-27-22(33-21)25-20(29)14-9-11-28(12-10-14)34(30,31)19-8-5-16(23)13-18(19)24/h3-8,13-14H,2,9-12H2,1H3,(H,25,27,29). The van der Waals surface area contributed by atoms with Crippen LogP contribution in [0.25, 0.3) is 11.5 Å². The molecule has 1 aromatic heterocycles. The Hall–Kier alpha value is -3.38. The van der Waals surface area contributed by atoms with Gasteiger partial charge in [-0.05, 0) is 56.2 Å². The lowest BCUT2D eigenvalue weighted by Crippen LogP contribution is -2.41. The van der Waals surface area contributed by atoms with Crippen LogP contribution in [0.1, 0.15) is 19.8 Å². The third-order valence-corrected chi connectivity index (χ3v) is 7.34. The van der Waals surface area contributed by atoms with Crippen molar-refractivity contribution in [3.8, 4) is 17.2 Å². The number of amides is 1. The maximum absolute atomic E-state index is 14.0. The van der Waals surface area contributed by atoms with Crippen LogP contribution in [-0.4, -0.2) is 48.5 Å². The summed E-state index contributed by atoms with van der Waals surface area (Å²) in [5.74, 6) is -1.97. The average molecular weight is 493 g/mol. The molecule has 0 aliphatic carbocycles. The van der Waals surface area contributed by atoms with Gasteiger partial charge >= 0.3 is 6.01 Å². The first-order valence-electron chi connectivity index (χ1n) is 10.6. The molecule has 0 saturated carbocycles. The number of halogens is 2. The Morgan fingerprint density at radius 3 is 2.50 bits per heavy atom. The van der Waals surface area contributed by atoms with Gasteiger partial charge in [-0.25, -0.2) is 17.2 Å². The number of anilines is 1. The van der Waals surface area contributed by atoms with E-state index >= 15 is 0 Å². The monoisotopic (exact) mass is 492 g/mol. The molecule has 34 heavy (non-hydrogen) atoms. The van der Waals surface area contributed by atoms with Gasteiger partial charge in [-0.1, -0.05) is 5.10 Å². The maximum atomic E-state index is 14.0. The van der Waals surface area contributed by atoms with Crippen LogP contribution in [0.15, 0.2) is 51.8 Å². The molecule has 12 heteroatoms. The molecule has 180 valence electrons. The van der Waals surface area contributed by atoms with Crippen molar-refractivity contribution in [2.24, 2.45) is 5.92 Å². The number of piperidine rings is 1. The summed E-state index contributed by atoms with van der Waals surface area (Å²) in [4.78, 5) is 12.0. The van der Waals surface area contributed by atoms with Crippen molar-refractivity contribution in [3.05, 3.63) is 54.1 Å². The van der Waals surface area contributed by atoms with Gasteiger partial charge in [0.15, 0.2) is 0 Å². The predicted octanol–water partition coefficient (Wildman–Crippen LogP) is 3.45. The van der Waals surface area contributed by atoms with Gasteiger partial charge in [0.1, 0.15) is 22.3 Å². The third-order valence-electron chi connectivity index (χ3n) is 5.40. The fourth-order valence-corrected chi connectivity index (χ4v) is 5.16. The Kier molecular flexibility index (Phi) is 6.89.